The van der Waals surface area contributed by atoms with Crippen LogP contribution in [0.1, 0.15) is 53.3 Å². The van der Waals surface area contributed by atoms with Gasteiger partial charge in [-0.15, -0.1) is 6.58 Å². The van der Waals surface area contributed by atoms with Crippen molar-refractivity contribution >= 4 is 27.6 Å². The Kier molecular flexibility index (Phi) is 10.2. The van der Waals surface area contributed by atoms with Gasteiger partial charge in [0, 0.05) is 35.5 Å². The largest absolute Gasteiger partial charge is 0.493 e. The smallest absolute Gasteiger partial charge is 0.355 e. The molecular weight excluding hydrogens is 562 g/mol. The predicted molar refractivity (Wildman–Crippen MR) is 182 cm³/mol. The predicted octanol–water partition coefficient (Wildman–Crippen LogP) is 8.28. The standard InChI is InChI=1S/C38H43N3O4/c1-7-10-22-41-36-31(21-20-26(4)34(36)35-27(5)39-40(6)32(35)25-43-23-8-2)30(37(41)38(42)44-9-3)18-14-24-45-33-19-13-16-28-15-11-12-17-29(28)33/h7-8,10-13,15-17,19-21H,2,9,14,18,22-25H2,1,3-6H3/b10-7-. The van der Waals surface area contributed by atoms with Crippen LogP contribution in [0.4, 0.5) is 0 Å². The summed E-state index contributed by atoms with van der Waals surface area (Å²) >= 11 is 0. The van der Waals surface area contributed by atoms with Gasteiger partial charge in [0.2, 0.25) is 0 Å². The van der Waals surface area contributed by atoms with Crippen molar-refractivity contribution in [2.75, 3.05) is 19.8 Å². The molecule has 234 valence electrons. The quantitative estimate of drug-likeness (QED) is 0.0724. The summed E-state index contributed by atoms with van der Waals surface area (Å²) in [6, 6.07) is 18.6. The van der Waals surface area contributed by atoms with Gasteiger partial charge in [-0.3, -0.25) is 4.68 Å². The molecule has 0 spiro atoms. The molecule has 0 saturated heterocycles. The topological polar surface area (TPSA) is 67.5 Å². The minimum absolute atomic E-state index is 0.298. The van der Waals surface area contributed by atoms with E-state index in [1.54, 1.807) is 6.08 Å². The summed E-state index contributed by atoms with van der Waals surface area (Å²) < 4.78 is 21.9. The van der Waals surface area contributed by atoms with Crippen molar-refractivity contribution in [2.45, 2.75) is 53.7 Å². The molecule has 2 aromatic heterocycles. The third-order valence-corrected chi connectivity index (χ3v) is 8.17. The van der Waals surface area contributed by atoms with Gasteiger partial charge >= 0.3 is 5.97 Å². The molecule has 0 fully saturated rings. The molecule has 5 aromatic rings. The fraction of sp³-hybridized carbons (Fsp3) is 0.316. The second-order valence-corrected chi connectivity index (χ2v) is 11.1. The van der Waals surface area contributed by atoms with E-state index < -0.39 is 0 Å². The molecule has 2 heterocycles. The molecule has 0 aliphatic carbocycles. The van der Waals surface area contributed by atoms with E-state index in [4.69, 9.17) is 19.3 Å². The molecule has 0 atom stereocenters. The Bertz CT molecular complexity index is 1860. The number of ether oxygens (including phenoxy) is 3. The Morgan fingerprint density at radius 3 is 2.60 bits per heavy atom. The number of benzene rings is 3. The number of fused-ring (bicyclic) bond motifs is 2. The molecule has 0 N–H and O–H groups in total. The summed E-state index contributed by atoms with van der Waals surface area (Å²) in [5, 5.41) is 8.07. The summed E-state index contributed by atoms with van der Waals surface area (Å²) in [5.74, 6) is 0.551. The van der Waals surface area contributed by atoms with Crippen LogP contribution in [0.15, 0.2) is 79.4 Å². The monoisotopic (exact) mass is 605 g/mol. The first-order valence-corrected chi connectivity index (χ1v) is 15.7. The van der Waals surface area contributed by atoms with Crippen molar-refractivity contribution in [3.8, 4) is 16.9 Å². The molecule has 0 bridgehead atoms. The Hall–Kier alpha value is -4.62. The molecule has 45 heavy (non-hydrogen) atoms. The Morgan fingerprint density at radius 2 is 1.82 bits per heavy atom. The van der Waals surface area contributed by atoms with Crippen LogP contribution in [0.25, 0.3) is 32.8 Å². The number of aromatic nitrogens is 3. The first-order valence-electron chi connectivity index (χ1n) is 15.7. The number of esters is 1. The lowest BCUT2D eigenvalue weighted by atomic mass is 9.94. The zero-order valence-corrected chi connectivity index (χ0v) is 27.1. The minimum atomic E-state index is -0.316. The number of carbonyl (C=O) groups is 1. The highest BCUT2D eigenvalue weighted by Gasteiger charge is 2.28. The van der Waals surface area contributed by atoms with Gasteiger partial charge in [-0.25, -0.2) is 4.79 Å². The van der Waals surface area contributed by atoms with Gasteiger partial charge in [0.1, 0.15) is 11.4 Å². The van der Waals surface area contributed by atoms with Gasteiger partial charge in [-0.05, 0) is 63.1 Å². The second kappa shape index (κ2) is 14.4. The Labute approximate surface area is 265 Å². The van der Waals surface area contributed by atoms with Gasteiger partial charge in [-0.1, -0.05) is 66.8 Å². The number of hydrogen-bond donors (Lipinski definition) is 0. The van der Waals surface area contributed by atoms with Crippen molar-refractivity contribution < 1.29 is 19.0 Å². The zero-order chi connectivity index (χ0) is 31.9. The van der Waals surface area contributed by atoms with Crippen molar-refractivity contribution in [1.29, 1.82) is 0 Å². The molecule has 0 amide bonds. The van der Waals surface area contributed by atoms with Crippen LogP contribution in [0, 0.1) is 13.8 Å². The Balaban J connectivity index is 1.62. The molecular formula is C38H43N3O4. The molecule has 0 radical (unpaired) electrons. The number of allylic oxidation sites excluding steroid dienone is 2. The van der Waals surface area contributed by atoms with E-state index in [1.165, 1.54) is 0 Å². The van der Waals surface area contributed by atoms with Crippen LogP contribution >= 0.6 is 0 Å². The van der Waals surface area contributed by atoms with Gasteiger partial charge in [-0.2, -0.15) is 5.10 Å². The normalized spacial score (nSPS) is 11.6. The van der Waals surface area contributed by atoms with Gasteiger partial charge < -0.3 is 18.8 Å². The van der Waals surface area contributed by atoms with E-state index in [-0.39, 0.29) is 5.97 Å². The molecule has 7 nitrogen and oxygen atoms in total. The lowest BCUT2D eigenvalue weighted by Gasteiger charge is -2.15. The summed E-state index contributed by atoms with van der Waals surface area (Å²) in [7, 11) is 1.95. The Morgan fingerprint density at radius 1 is 1.02 bits per heavy atom. The lowest BCUT2D eigenvalue weighted by molar-refractivity contribution is 0.0513. The van der Waals surface area contributed by atoms with E-state index in [0.29, 0.717) is 45.1 Å². The van der Waals surface area contributed by atoms with Gasteiger partial charge in [0.25, 0.3) is 0 Å². The lowest BCUT2D eigenvalue weighted by Crippen LogP contribution is -2.14. The SMILES string of the molecule is C=CCOCc1c(-c2c(C)ccc3c(CCCOc4cccc5ccccc45)c(C(=O)OCC)n(C/C=C\C)c23)c(C)nn1C. The number of aryl methyl sites for hydroxylation is 4. The number of carbonyl (C=O) groups excluding carboxylic acids is 1. The highest BCUT2D eigenvalue weighted by Crippen LogP contribution is 2.40. The third kappa shape index (κ3) is 6.45. The molecule has 7 heteroatoms. The van der Waals surface area contributed by atoms with Crippen molar-refractivity contribution in [2.24, 2.45) is 7.05 Å². The fourth-order valence-electron chi connectivity index (χ4n) is 6.20. The van der Waals surface area contributed by atoms with E-state index in [0.717, 1.165) is 67.5 Å². The fourth-order valence-corrected chi connectivity index (χ4v) is 6.20. The number of hydrogen-bond acceptors (Lipinski definition) is 5. The molecule has 0 aliphatic heterocycles. The van der Waals surface area contributed by atoms with E-state index in [1.807, 2.05) is 62.8 Å². The van der Waals surface area contributed by atoms with Crippen LogP contribution in [0.3, 0.4) is 0 Å². The second-order valence-electron chi connectivity index (χ2n) is 11.1. The summed E-state index contributed by atoms with van der Waals surface area (Å²) in [4.78, 5) is 13.7. The maximum Gasteiger partial charge on any atom is 0.355 e. The van der Waals surface area contributed by atoms with Crippen molar-refractivity contribution in [3.05, 3.63) is 108 Å². The maximum atomic E-state index is 13.7. The van der Waals surface area contributed by atoms with Crippen LogP contribution in [0.5, 0.6) is 5.75 Å². The molecule has 0 saturated carbocycles. The first kappa shape index (κ1) is 31.8. The van der Waals surface area contributed by atoms with Crippen LogP contribution < -0.4 is 4.74 Å². The summed E-state index contributed by atoms with van der Waals surface area (Å²) in [5.41, 5.74) is 7.65. The molecule has 0 aliphatic rings. The molecule has 3 aromatic carbocycles. The minimum Gasteiger partial charge on any atom is -0.493 e. The van der Waals surface area contributed by atoms with Gasteiger partial charge in [0.05, 0.1) is 43.3 Å². The van der Waals surface area contributed by atoms with E-state index in [9.17, 15) is 4.79 Å². The average Bonchev–Trinajstić information content (AvgIpc) is 3.50. The van der Waals surface area contributed by atoms with Crippen LogP contribution in [0.2, 0.25) is 0 Å². The van der Waals surface area contributed by atoms with Crippen LogP contribution in [-0.2, 0) is 36.1 Å². The summed E-state index contributed by atoms with van der Waals surface area (Å²) in [6.45, 7) is 14.0. The van der Waals surface area contributed by atoms with Crippen molar-refractivity contribution in [3.63, 3.8) is 0 Å². The van der Waals surface area contributed by atoms with Crippen LogP contribution in [-0.4, -0.2) is 40.1 Å². The highest BCUT2D eigenvalue weighted by molar-refractivity contribution is 6.05. The average molecular weight is 606 g/mol. The first-order chi connectivity index (χ1) is 21.9. The highest BCUT2D eigenvalue weighted by atomic mass is 16.5. The number of nitrogens with zero attached hydrogens (tertiary/aromatic N) is 3. The molecule has 5 rings (SSSR count). The zero-order valence-electron chi connectivity index (χ0n) is 27.1. The van der Waals surface area contributed by atoms with Gasteiger partial charge in [0.15, 0.2) is 0 Å². The number of rotatable bonds is 14. The third-order valence-electron chi connectivity index (χ3n) is 8.17. The van der Waals surface area contributed by atoms with E-state index in [2.05, 4.69) is 54.5 Å². The maximum absolute atomic E-state index is 13.7. The summed E-state index contributed by atoms with van der Waals surface area (Å²) in [6.07, 6.45) is 7.22. The van der Waals surface area contributed by atoms with E-state index >= 15 is 0 Å². The molecule has 0 unspecified atom stereocenters. The van der Waals surface area contributed by atoms with Crippen molar-refractivity contribution in [1.82, 2.24) is 14.3 Å².